The Balaban J connectivity index is 2.28. The zero-order valence-electron chi connectivity index (χ0n) is 11.0. The molecular formula is C15H22ClN. The highest BCUT2D eigenvalue weighted by Crippen LogP contribution is 2.43. The van der Waals surface area contributed by atoms with Gasteiger partial charge in [0.2, 0.25) is 0 Å². The molecule has 1 aromatic rings. The van der Waals surface area contributed by atoms with Gasteiger partial charge >= 0.3 is 0 Å². The predicted molar refractivity (Wildman–Crippen MR) is 74.5 cm³/mol. The molecule has 1 saturated carbocycles. The Labute approximate surface area is 109 Å². The van der Waals surface area contributed by atoms with E-state index in [1.165, 1.54) is 12.0 Å². The van der Waals surface area contributed by atoms with Gasteiger partial charge in [-0.2, -0.15) is 0 Å². The first kappa shape index (κ1) is 12.9. The van der Waals surface area contributed by atoms with Crippen molar-refractivity contribution in [3.05, 3.63) is 34.3 Å². The zero-order valence-corrected chi connectivity index (χ0v) is 11.7. The lowest BCUT2D eigenvalue weighted by Gasteiger charge is -2.39. The molecule has 94 valence electrons. The quantitative estimate of drug-likeness (QED) is 0.793. The summed E-state index contributed by atoms with van der Waals surface area (Å²) in [7, 11) is 0. The summed E-state index contributed by atoms with van der Waals surface area (Å²) in [4.78, 5) is 0. The maximum atomic E-state index is 6.28. The third-order valence-electron chi connectivity index (χ3n) is 4.07. The van der Waals surface area contributed by atoms with Gasteiger partial charge in [-0.3, -0.25) is 0 Å². The van der Waals surface area contributed by atoms with Crippen LogP contribution in [-0.4, -0.2) is 6.04 Å². The van der Waals surface area contributed by atoms with Crippen LogP contribution in [0.5, 0.6) is 0 Å². The summed E-state index contributed by atoms with van der Waals surface area (Å²) in [6, 6.07) is 6.67. The van der Waals surface area contributed by atoms with Crippen molar-refractivity contribution in [2.24, 2.45) is 11.1 Å². The second-order valence-corrected chi connectivity index (χ2v) is 6.59. The molecular weight excluding hydrogens is 230 g/mol. The van der Waals surface area contributed by atoms with Crippen molar-refractivity contribution in [1.29, 1.82) is 0 Å². The van der Waals surface area contributed by atoms with Gasteiger partial charge in [0, 0.05) is 11.1 Å². The summed E-state index contributed by atoms with van der Waals surface area (Å²) in [6.07, 6.45) is 3.50. The Kier molecular flexibility index (Phi) is 3.51. The minimum atomic E-state index is 0.279. The Morgan fingerprint density at radius 2 is 2.06 bits per heavy atom. The van der Waals surface area contributed by atoms with Gasteiger partial charge in [0.05, 0.1) is 0 Å². The van der Waals surface area contributed by atoms with Crippen molar-refractivity contribution in [1.82, 2.24) is 0 Å². The normalized spacial score (nSPS) is 28.1. The molecule has 1 aliphatic carbocycles. The van der Waals surface area contributed by atoms with Gasteiger partial charge in [0.25, 0.3) is 0 Å². The fourth-order valence-electron chi connectivity index (χ4n) is 2.81. The number of halogens is 1. The third-order valence-corrected chi connectivity index (χ3v) is 4.48. The highest BCUT2D eigenvalue weighted by molar-refractivity contribution is 6.31. The average Bonchev–Trinajstić information content (AvgIpc) is 2.26. The van der Waals surface area contributed by atoms with Crippen LogP contribution < -0.4 is 5.73 Å². The summed E-state index contributed by atoms with van der Waals surface area (Å²) >= 11 is 6.21. The van der Waals surface area contributed by atoms with E-state index in [4.69, 9.17) is 17.3 Å². The van der Waals surface area contributed by atoms with Gasteiger partial charge in [0.15, 0.2) is 0 Å². The number of benzene rings is 1. The maximum Gasteiger partial charge on any atom is 0.0438 e. The number of hydrogen-bond acceptors (Lipinski definition) is 1. The van der Waals surface area contributed by atoms with E-state index in [0.717, 1.165) is 23.4 Å². The van der Waals surface area contributed by atoms with E-state index in [2.05, 4.69) is 32.0 Å². The van der Waals surface area contributed by atoms with Crippen molar-refractivity contribution in [3.63, 3.8) is 0 Å². The van der Waals surface area contributed by atoms with Crippen LogP contribution in [0.1, 0.15) is 50.2 Å². The number of hydrogen-bond donors (Lipinski definition) is 1. The van der Waals surface area contributed by atoms with E-state index in [1.54, 1.807) is 0 Å². The van der Waals surface area contributed by atoms with Crippen molar-refractivity contribution in [3.8, 4) is 0 Å². The molecule has 2 heteroatoms. The van der Waals surface area contributed by atoms with Gasteiger partial charge in [-0.05, 0) is 54.7 Å². The van der Waals surface area contributed by atoms with Crippen LogP contribution in [0.2, 0.25) is 5.02 Å². The smallest absolute Gasteiger partial charge is 0.0438 e. The molecule has 0 saturated heterocycles. The molecule has 1 aromatic carbocycles. The minimum absolute atomic E-state index is 0.279. The van der Waals surface area contributed by atoms with E-state index in [-0.39, 0.29) is 6.04 Å². The van der Waals surface area contributed by atoms with Gasteiger partial charge < -0.3 is 5.73 Å². The first-order valence-corrected chi connectivity index (χ1v) is 6.78. The predicted octanol–water partition coefficient (Wildman–Crippen LogP) is 4.27. The molecule has 2 rings (SSSR count). The minimum Gasteiger partial charge on any atom is -0.327 e. The SMILES string of the molecule is Cc1ccc(C2CC(C)(C)CCC2N)cc1Cl. The van der Waals surface area contributed by atoms with E-state index < -0.39 is 0 Å². The number of rotatable bonds is 1. The summed E-state index contributed by atoms with van der Waals surface area (Å²) in [6.45, 7) is 6.71. The topological polar surface area (TPSA) is 26.0 Å². The molecule has 0 aromatic heterocycles. The largest absolute Gasteiger partial charge is 0.327 e. The second-order valence-electron chi connectivity index (χ2n) is 6.19. The first-order chi connectivity index (χ1) is 7.89. The highest BCUT2D eigenvalue weighted by Gasteiger charge is 2.33. The van der Waals surface area contributed by atoms with Crippen LogP contribution in [-0.2, 0) is 0 Å². The van der Waals surface area contributed by atoms with Crippen LogP contribution in [0, 0.1) is 12.3 Å². The fourth-order valence-corrected chi connectivity index (χ4v) is 3.00. The number of aryl methyl sites for hydroxylation is 1. The van der Waals surface area contributed by atoms with Gasteiger partial charge in [-0.25, -0.2) is 0 Å². The summed E-state index contributed by atoms with van der Waals surface area (Å²) in [5, 5.41) is 0.859. The van der Waals surface area contributed by atoms with E-state index in [1.807, 2.05) is 6.92 Å². The van der Waals surface area contributed by atoms with Crippen LogP contribution in [0.15, 0.2) is 18.2 Å². The van der Waals surface area contributed by atoms with Gasteiger partial charge in [0.1, 0.15) is 0 Å². The molecule has 2 unspecified atom stereocenters. The Morgan fingerprint density at radius 3 is 2.71 bits per heavy atom. The Morgan fingerprint density at radius 1 is 1.35 bits per heavy atom. The van der Waals surface area contributed by atoms with Crippen molar-refractivity contribution in [2.75, 3.05) is 0 Å². The molecule has 0 radical (unpaired) electrons. The highest BCUT2D eigenvalue weighted by atomic mass is 35.5. The van der Waals surface area contributed by atoms with Crippen LogP contribution in [0.25, 0.3) is 0 Å². The lowest BCUT2D eigenvalue weighted by atomic mass is 9.68. The molecule has 2 atom stereocenters. The van der Waals surface area contributed by atoms with Crippen molar-refractivity contribution in [2.45, 2.75) is 52.0 Å². The molecule has 0 aliphatic heterocycles. The second kappa shape index (κ2) is 4.62. The Hall–Kier alpha value is -0.530. The molecule has 1 aliphatic rings. The van der Waals surface area contributed by atoms with Crippen LogP contribution >= 0.6 is 11.6 Å². The van der Waals surface area contributed by atoms with Gasteiger partial charge in [-0.15, -0.1) is 0 Å². The van der Waals surface area contributed by atoms with Crippen LogP contribution in [0.3, 0.4) is 0 Å². The molecule has 0 amide bonds. The fraction of sp³-hybridized carbons (Fsp3) is 0.600. The average molecular weight is 252 g/mol. The Bertz CT molecular complexity index is 411. The molecule has 1 nitrogen and oxygen atoms in total. The van der Waals surface area contributed by atoms with Crippen LogP contribution in [0.4, 0.5) is 0 Å². The molecule has 0 heterocycles. The van der Waals surface area contributed by atoms with E-state index in [9.17, 15) is 0 Å². The van der Waals surface area contributed by atoms with E-state index >= 15 is 0 Å². The van der Waals surface area contributed by atoms with E-state index in [0.29, 0.717) is 11.3 Å². The molecule has 0 bridgehead atoms. The van der Waals surface area contributed by atoms with Crippen molar-refractivity contribution >= 4 is 11.6 Å². The number of nitrogens with two attached hydrogens (primary N) is 1. The lowest BCUT2D eigenvalue weighted by Crippen LogP contribution is -2.37. The van der Waals surface area contributed by atoms with Gasteiger partial charge in [-0.1, -0.05) is 37.6 Å². The summed E-state index contributed by atoms with van der Waals surface area (Å²) in [5.74, 6) is 0.455. The molecule has 0 spiro atoms. The van der Waals surface area contributed by atoms with Crippen molar-refractivity contribution < 1.29 is 0 Å². The zero-order chi connectivity index (χ0) is 12.6. The maximum absolute atomic E-state index is 6.28. The summed E-state index contributed by atoms with van der Waals surface area (Å²) in [5.41, 5.74) is 9.12. The third kappa shape index (κ3) is 2.83. The molecule has 2 N–H and O–H groups in total. The lowest BCUT2D eigenvalue weighted by molar-refractivity contribution is 0.198. The first-order valence-electron chi connectivity index (χ1n) is 6.41. The summed E-state index contributed by atoms with van der Waals surface area (Å²) < 4.78 is 0. The monoisotopic (exact) mass is 251 g/mol. The molecule has 17 heavy (non-hydrogen) atoms. The standard InChI is InChI=1S/C15H22ClN/c1-10-4-5-11(8-13(10)16)12-9-15(2,3)7-6-14(12)17/h4-5,8,12,14H,6-7,9,17H2,1-3H3. The molecule has 1 fully saturated rings.